The van der Waals surface area contributed by atoms with Crippen molar-refractivity contribution in [2.75, 3.05) is 26.3 Å². The molecule has 1 N–H and O–H groups in total. The van der Waals surface area contributed by atoms with Gasteiger partial charge in [-0.1, -0.05) is 12.1 Å². The summed E-state index contributed by atoms with van der Waals surface area (Å²) < 4.78 is 5.40. The zero-order valence-corrected chi connectivity index (χ0v) is 11.8. The first-order valence-corrected chi connectivity index (χ1v) is 7.22. The van der Waals surface area contributed by atoms with Gasteiger partial charge in [-0.2, -0.15) is 0 Å². The molecule has 1 atom stereocenters. The van der Waals surface area contributed by atoms with Gasteiger partial charge in [-0.25, -0.2) is 0 Å². The summed E-state index contributed by atoms with van der Waals surface area (Å²) in [6, 6.07) is 7.85. The molecule has 1 saturated heterocycles. The molecule has 2 aromatic rings. The third-order valence-corrected chi connectivity index (χ3v) is 3.99. The van der Waals surface area contributed by atoms with Crippen molar-refractivity contribution in [2.24, 2.45) is 5.92 Å². The number of hydrogen-bond acceptors (Lipinski definition) is 2. The first-order chi connectivity index (χ1) is 9.79. The summed E-state index contributed by atoms with van der Waals surface area (Å²) in [6.45, 7) is 5.14. The predicted molar refractivity (Wildman–Crippen MR) is 78.8 cm³/mol. The van der Waals surface area contributed by atoms with Gasteiger partial charge >= 0.3 is 0 Å². The molecule has 4 nitrogen and oxygen atoms in total. The summed E-state index contributed by atoms with van der Waals surface area (Å²) in [7, 11) is 0. The minimum atomic E-state index is 0.104. The highest BCUT2D eigenvalue weighted by molar-refractivity contribution is 6.05. The SMILES string of the molecule is CCN(CC1CCOC1)C(=O)c1cccc2cc[nH]c12. The molecule has 0 saturated carbocycles. The number of fused-ring (bicyclic) bond motifs is 1. The molecule has 20 heavy (non-hydrogen) atoms. The maximum atomic E-state index is 12.7. The highest BCUT2D eigenvalue weighted by Gasteiger charge is 2.23. The van der Waals surface area contributed by atoms with Crippen molar-refractivity contribution >= 4 is 16.8 Å². The van der Waals surface area contributed by atoms with Crippen LogP contribution in [0.3, 0.4) is 0 Å². The molecular weight excluding hydrogens is 252 g/mol. The summed E-state index contributed by atoms with van der Waals surface area (Å²) in [6.07, 6.45) is 2.93. The van der Waals surface area contributed by atoms with Gasteiger partial charge in [-0.15, -0.1) is 0 Å². The summed E-state index contributed by atoms with van der Waals surface area (Å²) in [5, 5.41) is 1.08. The molecule has 0 bridgehead atoms. The lowest BCUT2D eigenvalue weighted by Crippen LogP contribution is -2.35. The number of para-hydroxylation sites is 1. The molecule has 0 aliphatic carbocycles. The van der Waals surface area contributed by atoms with E-state index in [1.807, 2.05) is 42.3 Å². The quantitative estimate of drug-likeness (QED) is 0.930. The fraction of sp³-hybridized carbons (Fsp3) is 0.438. The lowest BCUT2D eigenvalue weighted by atomic mass is 10.1. The lowest BCUT2D eigenvalue weighted by Gasteiger charge is -2.24. The largest absolute Gasteiger partial charge is 0.381 e. The number of nitrogens with zero attached hydrogens (tertiary/aromatic N) is 1. The minimum Gasteiger partial charge on any atom is -0.381 e. The second kappa shape index (κ2) is 5.67. The Morgan fingerprint density at radius 3 is 3.10 bits per heavy atom. The van der Waals surface area contributed by atoms with E-state index in [0.717, 1.165) is 49.2 Å². The number of hydrogen-bond donors (Lipinski definition) is 1. The van der Waals surface area contributed by atoms with E-state index in [0.29, 0.717) is 5.92 Å². The van der Waals surface area contributed by atoms with Crippen molar-refractivity contribution in [1.29, 1.82) is 0 Å². The van der Waals surface area contributed by atoms with Gasteiger partial charge < -0.3 is 14.6 Å². The van der Waals surface area contributed by atoms with Crippen LogP contribution in [0.2, 0.25) is 0 Å². The van der Waals surface area contributed by atoms with Gasteiger partial charge in [-0.05, 0) is 25.5 Å². The van der Waals surface area contributed by atoms with Crippen LogP contribution in [0.25, 0.3) is 10.9 Å². The summed E-state index contributed by atoms with van der Waals surface area (Å²) >= 11 is 0. The van der Waals surface area contributed by atoms with Crippen LogP contribution in [0.5, 0.6) is 0 Å². The van der Waals surface area contributed by atoms with Crippen molar-refractivity contribution in [3.63, 3.8) is 0 Å². The highest BCUT2D eigenvalue weighted by atomic mass is 16.5. The second-order valence-electron chi connectivity index (χ2n) is 5.32. The zero-order chi connectivity index (χ0) is 13.9. The van der Waals surface area contributed by atoms with Gasteiger partial charge in [0.1, 0.15) is 0 Å². The molecule has 4 heteroatoms. The minimum absolute atomic E-state index is 0.104. The Balaban J connectivity index is 1.83. The fourth-order valence-corrected chi connectivity index (χ4v) is 2.83. The third kappa shape index (κ3) is 2.43. The van der Waals surface area contributed by atoms with Gasteiger partial charge in [0, 0.05) is 37.2 Å². The smallest absolute Gasteiger partial charge is 0.255 e. The van der Waals surface area contributed by atoms with E-state index in [-0.39, 0.29) is 5.91 Å². The van der Waals surface area contributed by atoms with Gasteiger partial charge in [0.15, 0.2) is 0 Å². The number of ether oxygens (including phenoxy) is 1. The van der Waals surface area contributed by atoms with Crippen LogP contribution >= 0.6 is 0 Å². The third-order valence-electron chi connectivity index (χ3n) is 3.99. The van der Waals surface area contributed by atoms with Crippen LogP contribution in [-0.4, -0.2) is 42.1 Å². The number of benzene rings is 1. The van der Waals surface area contributed by atoms with Crippen molar-refractivity contribution in [3.8, 4) is 0 Å². The molecule has 1 amide bonds. The van der Waals surface area contributed by atoms with Crippen molar-refractivity contribution < 1.29 is 9.53 Å². The lowest BCUT2D eigenvalue weighted by molar-refractivity contribution is 0.0732. The molecule has 0 radical (unpaired) electrons. The molecule has 0 spiro atoms. The van der Waals surface area contributed by atoms with E-state index in [4.69, 9.17) is 4.74 Å². The monoisotopic (exact) mass is 272 g/mol. The number of nitrogens with one attached hydrogen (secondary N) is 1. The van der Waals surface area contributed by atoms with Crippen LogP contribution in [-0.2, 0) is 4.74 Å². The fourth-order valence-electron chi connectivity index (χ4n) is 2.83. The Labute approximate surface area is 118 Å². The molecule has 3 rings (SSSR count). The van der Waals surface area contributed by atoms with Gasteiger partial charge in [-0.3, -0.25) is 4.79 Å². The summed E-state index contributed by atoms with van der Waals surface area (Å²) in [4.78, 5) is 17.8. The molecule has 1 aliphatic rings. The number of carbonyl (C=O) groups excluding carboxylic acids is 1. The number of rotatable bonds is 4. The van der Waals surface area contributed by atoms with Gasteiger partial charge in [0.2, 0.25) is 0 Å². The van der Waals surface area contributed by atoms with Crippen LogP contribution in [0.1, 0.15) is 23.7 Å². The molecule has 106 valence electrons. The number of aromatic nitrogens is 1. The molecule has 1 aliphatic heterocycles. The standard InChI is InChI=1S/C16H20N2O2/c1-2-18(10-12-7-9-20-11-12)16(19)14-5-3-4-13-6-8-17-15(13)14/h3-6,8,12,17H,2,7,9-11H2,1H3. The van der Waals surface area contributed by atoms with Crippen LogP contribution in [0.4, 0.5) is 0 Å². The Morgan fingerprint density at radius 1 is 1.45 bits per heavy atom. The number of amides is 1. The molecular formula is C16H20N2O2. The normalized spacial score (nSPS) is 18.6. The Kier molecular flexibility index (Phi) is 3.74. The summed E-state index contributed by atoms with van der Waals surface area (Å²) in [5.41, 5.74) is 1.69. The van der Waals surface area contributed by atoms with Crippen LogP contribution < -0.4 is 0 Å². The first kappa shape index (κ1) is 13.2. The van der Waals surface area contributed by atoms with Crippen molar-refractivity contribution in [3.05, 3.63) is 36.0 Å². The zero-order valence-electron chi connectivity index (χ0n) is 11.8. The van der Waals surface area contributed by atoms with Crippen molar-refractivity contribution in [1.82, 2.24) is 9.88 Å². The van der Waals surface area contributed by atoms with E-state index in [1.54, 1.807) is 0 Å². The molecule has 1 unspecified atom stereocenters. The van der Waals surface area contributed by atoms with Gasteiger partial charge in [0.05, 0.1) is 17.7 Å². The van der Waals surface area contributed by atoms with Crippen LogP contribution in [0, 0.1) is 5.92 Å². The maximum Gasteiger partial charge on any atom is 0.255 e. The number of aromatic amines is 1. The molecule has 1 aromatic carbocycles. The predicted octanol–water partition coefficient (Wildman–Crippen LogP) is 2.67. The molecule has 2 heterocycles. The average molecular weight is 272 g/mol. The highest BCUT2D eigenvalue weighted by Crippen LogP contribution is 2.20. The van der Waals surface area contributed by atoms with Crippen LogP contribution in [0.15, 0.2) is 30.5 Å². The van der Waals surface area contributed by atoms with Crippen molar-refractivity contribution in [2.45, 2.75) is 13.3 Å². The van der Waals surface area contributed by atoms with E-state index in [1.165, 1.54) is 0 Å². The van der Waals surface area contributed by atoms with E-state index in [9.17, 15) is 4.79 Å². The number of H-pyrrole nitrogens is 1. The first-order valence-electron chi connectivity index (χ1n) is 7.22. The molecule has 1 aromatic heterocycles. The average Bonchev–Trinajstić information content (AvgIpc) is 3.14. The summed E-state index contributed by atoms with van der Waals surface area (Å²) in [5.74, 6) is 0.578. The van der Waals surface area contributed by atoms with Gasteiger partial charge in [0.25, 0.3) is 5.91 Å². The Hall–Kier alpha value is -1.81. The Morgan fingerprint density at radius 2 is 2.35 bits per heavy atom. The van der Waals surface area contributed by atoms with E-state index < -0.39 is 0 Å². The van der Waals surface area contributed by atoms with E-state index >= 15 is 0 Å². The maximum absolute atomic E-state index is 12.7. The Bertz CT molecular complexity index is 599. The number of carbonyl (C=O) groups is 1. The van der Waals surface area contributed by atoms with E-state index in [2.05, 4.69) is 4.98 Å². The topological polar surface area (TPSA) is 45.3 Å². The molecule has 1 fully saturated rings. The second-order valence-corrected chi connectivity index (χ2v) is 5.32.